The molecule has 58 heavy (non-hydrogen) atoms. The largest absolute Gasteiger partial charge is 0.404 e. The van der Waals surface area contributed by atoms with Gasteiger partial charge in [0.25, 0.3) is 35.2 Å². The minimum Gasteiger partial charge on any atom is -0.275 e. The predicted molar refractivity (Wildman–Crippen MR) is 224 cm³/mol. The second kappa shape index (κ2) is 12.2. The van der Waals surface area contributed by atoms with Crippen LogP contribution in [0.2, 0.25) is 0 Å². The van der Waals surface area contributed by atoms with E-state index >= 15 is 0 Å². The highest BCUT2D eigenvalue weighted by molar-refractivity contribution is 6.21. The molecular formula is C47H39N9O2+2. The maximum Gasteiger partial charge on any atom is 0.404 e. The molecule has 3 atom stereocenters. The summed E-state index contributed by atoms with van der Waals surface area (Å²) in [5.74, 6) is 4.66. The molecule has 1 spiro atoms. The zero-order valence-corrected chi connectivity index (χ0v) is 32.8. The Morgan fingerprint density at radius 1 is 0.569 bits per heavy atom. The minimum atomic E-state index is -0.881. The van der Waals surface area contributed by atoms with Crippen molar-refractivity contribution in [1.29, 1.82) is 0 Å². The lowest BCUT2D eigenvalue weighted by molar-refractivity contribution is -0.791. The number of allylic oxidation sites excluding steroid dienone is 2. The van der Waals surface area contributed by atoms with Gasteiger partial charge in [-0.15, -0.1) is 4.58 Å². The second-order valence-electron chi connectivity index (χ2n) is 14.4. The molecule has 1 aliphatic carbocycles. The van der Waals surface area contributed by atoms with Crippen LogP contribution in [-0.4, -0.2) is 64.9 Å². The maximum absolute atomic E-state index is 11.5. The van der Waals surface area contributed by atoms with Crippen LogP contribution in [0.1, 0.15) is 66.5 Å². The number of hydrogen-bond donors (Lipinski definition) is 0. The molecule has 4 aromatic carbocycles. The van der Waals surface area contributed by atoms with Crippen molar-refractivity contribution >= 4 is 68.3 Å². The molecule has 8 aliphatic rings. The van der Waals surface area contributed by atoms with Crippen LogP contribution < -0.4 is 11.0 Å². The molecule has 2 amide bonds. The molecule has 282 valence electrons. The predicted octanol–water partition coefficient (Wildman–Crippen LogP) is 7.02. The molecule has 0 fully saturated rings. The van der Waals surface area contributed by atoms with Crippen LogP contribution in [-0.2, 0) is 5.91 Å². The first-order valence-electron chi connectivity index (χ1n) is 20.2. The summed E-state index contributed by atoms with van der Waals surface area (Å²) >= 11 is 0. The van der Waals surface area contributed by atoms with Crippen LogP contribution in [0.4, 0.5) is 11.6 Å². The molecule has 14 rings (SSSR count). The minimum absolute atomic E-state index is 0.0907. The first-order chi connectivity index (χ1) is 28.6. The van der Waals surface area contributed by atoms with E-state index in [1.165, 1.54) is 4.90 Å². The Hall–Kier alpha value is -7.14. The van der Waals surface area contributed by atoms with E-state index in [4.69, 9.17) is 20.0 Å². The summed E-state index contributed by atoms with van der Waals surface area (Å²) in [6.45, 7) is 10.2. The van der Waals surface area contributed by atoms with Crippen molar-refractivity contribution in [1.82, 2.24) is 14.0 Å². The van der Waals surface area contributed by atoms with Gasteiger partial charge in [-0.3, -0.25) is 14.5 Å². The molecule has 0 N–H and O–H groups in total. The molecule has 0 saturated heterocycles. The Kier molecular flexibility index (Phi) is 7.17. The fraction of sp³-hybridized carbons (Fsp3) is 0.191. The molecule has 0 saturated carbocycles. The standard InChI is InChI=1S/C33H18N8.C10H9NO2.2C2H6/c1-2-10-18-17(9-1)25-34-27-19-11-3-4-12-20(19)29-36-31-23-15-7-8-16-24(23)32-37-30-22-14-6-5-13-21(22)28-35-26(18)38(25)33(39(27)29,40(28)30)41(31)32;1-2-11-9(12)7-5-3-4-6-8(7)10(11)13;2*1-2/h1-18H;3-6H,2H2,1H3;2*1-2H3/q+2;;;. The third-order valence-corrected chi connectivity index (χ3v) is 11.9. The molecular weight excluding hydrogens is 723 g/mol. The topological polar surface area (TPSA) is 103 Å². The van der Waals surface area contributed by atoms with Gasteiger partial charge in [-0.2, -0.15) is 13.7 Å². The molecule has 6 aromatic rings. The molecule has 7 aliphatic heterocycles. The number of rotatable bonds is 1. The third-order valence-electron chi connectivity index (χ3n) is 11.9. The lowest BCUT2D eigenvalue weighted by Crippen LogP contribution is -2.71. The van der Waals surface area contributed by atoms with Crippen LogP contribution in [0.15, 0.2) is 141 Å². The summed E-state index contributed by atoms with van der Waals surface area (Å²) in [6, 6.07) is 32.5. The van der Waals surface area contributed by atoms with Gasteiger partial charge in [-0.25, -0.2) is 0 Å². The molecule has 0 bridgehead atoms. The summed E-state index contributed by atoms with van der Waals surface area (Å²) in [6.07, 6.45) is 8.86. The number of amidine groups is 4. The van der Waals surface area contributed by atoms with Crippen LogP contribution >= 0.6 is 0 Å². The first-order valence-corrected chi connectivity index (χ1v) is 20.2. The van der Waals surface area contributed by atoms with Crippen molar-refractivity contribution < 1.29 is 18.7 Å². The lowest BCUT2D eigenvalue weighted by atomic mass is 9.89. The quantitative estimate of drug-likeness (QED) is 0.133. The van der Waals surface area contributed by atoms with Gasteiger partial charge in [0, 0.05) is 28.1 Å². The summed E-state index contributed by atoms with van der Waals surface area (Å²) in [5.41, 5.74) is 5.09. The van der Waals surface area contributed by atoms with Gasteiger partial charge in [0.1, 0.15) is 0 Å². The van der Waals surface area contributed by atoms with E-state index in [9.17, 15) is 9.59 Å². The van der Waals surface area contributed by atoms with Crippen LogP contribution in [0.5, 0.6) is 0 Å². The van der Waals surface area contributed by atoms with Gasteiger partial charge < -0.3 is 0 Å². The number of imide groups is 1. The maximum atomic E-state index is 11.5. The van der Waals surface area contributed by atoms with Crippen molar-refractivity contribution in [2.45, 2.75) is 40.5 Å². The van der Waals surface area contributed by atoms with Crippen molar-refractivity contribution in [3.63, 3.8) is 0 Å². The van der Waals surface area contributed by atoms with Crippen molar-refractivity contribution in [2.75, 3.05) is 6.54 Å². The molecule has 11 nitrogen and oxygen atoms in total. The Morgan fingerprint density at radius 3 is 1.71 bits per heavy atom. The van der Waals surface area contributed by atoms with Crippen molar-refractivity contribution in [3.8, 4) is 0 Å². The molecule has 11 heteroatoms. The summed E-state index contributed by atoms with van der Waals surface area (Å²) in [4.78, 5) is 46.2. The number of aromatic nitrogens is 2. The van der Waals surface area contributed by atoms with Gasteiger partial charge in [0.05, 0.1) is 34.1 Å². The molecule has 9 heterocycles. The Bertz CT molecular complexity index is 3190. The Labute approximate surface area is 333 Å². The fourth-order valence-electron chi connectivity index (χ4n) is 9.77. The zero-order valence-electron chi connectivity index (χ0n) is 32.8. The average molecular weight is 762 g/mol. The summed E-state index contributed by atoms with van der Waals surface area (Å²) in [5, 5.41) is 4.41. The highest BCUT2D eigenvalue weighted by Gasteiger charge is 2.70. The SMILES string of the molecule is C1=CC2C3=Nc4c5ccccc5c5n4C46n7c(c8ccccc8c7=NC(=[N+]34)C2C=C1)=NC1=[N+]6C(=N5)c2ccccc21.CC.CC.CCN1C(=O)c2ccccc2C1=O. The number of fused-ring (bicyclic) bond motifs is 13. The Morgan fingerprint density at radius 2 is 1.09 bits per heavy atom. The monoisotopic (exact) mass is 761 g/mol. The summed E-state index contributed by atoms with van der Waals surface area (Å²) in [7, 11) is 0. The lowest BCUT2D eigenvalue weighted by Gasteiger charge is -2.40. The van der Waals surface area contributed by atoms with Crippen LogP contribution in [0, 0.1) is 11.8 Å². The van der Waals surface area contributed by atoms with Crippen LogP contribution in [0.3, 0.4) is 0 Å². The van der Waals surface area contributed by atoms with Gasteiger partial charge in [0.2, 0.25) is 22.6 Å². The van der Waals surface area contributed by atoms with E-state index in [0.717, 1.165) is 78.6 Å². The average Bonchev–Trinajstić information content (AvgIpc) is 4.06. The highest BCUT2D eigenvalue weighted by atomic mass is 16.2. The first kappa shape index (κ1) is 34.1. The van der Waals surface area contributed by atoms with E-state index in [-0.39, 0.29) is 23.7 Å². The molecule has 0 radical (unpaired) electrons. The molecule has 2 aromatic heterocycles. The van der Waals surface area contributed by atoms with Gasteiger partial charge in [-0.05, 0) is 55.5 Å². The third kappa shape index (κ3) is 3.88. The van der Waals surface area contributed by atoms with Gasteiger partial charge in [0.15, 0.2) is 0 Å². The van der Waals surface area contributed by atoms with E-state index in [1.54, 1.807) is 31.2 Å². The van der Waals surface area contributed by atoms with Crippen molar-refractivity contribution in [2.24, 2.45) is 31.8 Å². The number of carbonyl (C=O) groups is 2. The van der Waals surface area contributed by atoms with E-state index in [0.29, 0.717) is 17.7 Å². The number of nitrogens with zero attached hydrogens (tertiary/aromatic N) is 9. The smallest absolute Gasteiger partial charge is 0.275 e. The van der Waals surface area contributed by atoms with E-state index < -0.39 is 5.91 Å². The number of carbonyl (C=O) groups excluding carboxylic acids is 2. The second-order valence-corrected chi connectivity index (χ2v) is 14.4. The van der Waals surface area contributed by atoms with Crippen LogP contribution in [0.25, 0.3) is 21.5 Å². The Balaban J connectivity index is 0.000000193. The summed E-state index contributed by atoms with van der Waals surface area (Å²) < 4.78 is 9.48. The fourth-order valence-corrected chi connectivity index (χ4v) is 9.77. The van der Waals surface area contributed by atoms with E-state index in [1.807, 2.05) is 27.7 Å². The van der Waals surface area contributed by atoms with E-state index in [2.05, 4.69) is 115 Å². The van der Waals surface area contributed by atoms with Crippen molar-refractivity contribution in [3.05, 3.63) is 155 Å². The number of hydrogen-bond acceptors (Lipinski definition) is 6. The molecule has 3 unspecified atom stereocenters. The normalized spacial score (nSPS) is 21.9. The number of aliphatic imine (C=N–C) groups is 2. The number of amides is 2. The van der Waals surface area contributed by atoms with Gasteiger partial charge in [-0.1, -0.05) is 120 Å². The highest BCUT2D eigenvalue weighted by Crippen LogP contribution is 2.53. The zero-order chi connectivity index (χ0) is 39.6. The van der Waals surface area contributed by atoms with Gasteiger partial charge >= 0.3 is 5.91 Å². The number of benzene rings is 4.